The second-order valence-electron chi connectivity index (χ2n) is 5.59. The normalized spacial score (nSPS) is 16.8. The van der Waals surface area contributed by atoms with Crippen molar-refractivity contribution in [2.45, 2.75) is 25.8 Å². The molecule has 1 aliphatic rings. The zero-order chi connectivity index (χ0) is 15.7. The first-order valence-corrected chi connectivity index (χ1v) is 7.18. The SMILES string of the molecule is CC(NC(=O)C1(C(=O)O)CC1)c1ccccc1-n1cccn1. The highest BCUT2D eigenvalue weighted by molar-refractivity contribution is 6.04. The van der Waals surface area contributed by atoms with Crippen molar-refractivity contribution in [3.8, 4) is 5.69 Å². The van der Waals surface area contributed by atoms with Gasteiger partial charge < -0.3 is 10.4 Å². The number of rotatable bonds is 5. The minimum absolute atomic E-state index is 0.301. The molecule has 1 atom stereocenters. The first-order chi connectivity index (χ1) is 10.5. The van der Waals surface area contributed by atoms with Crippen LogP contribution in [-0.2, 0) is 9.59 Å². The maximum atomic E-state index is 12.2. The molecule has 1 aromatic carbocycles. The number of benzene rings is 1. The maximum Gasteiger partial charge on any atom is 0.319 e. The Kier molecular flexibility index (Phi) is 3.44. The van der Waals surface area contributed by atoms with Crippen molar-refractivity contribution in [2.75, 3.05) is 0 Å². The molecule has 0 saturated heterocycles. The summed E-state index contributed by atoms with van der Waals surface area (Å²) in [5.41, 5.74) is 0.524. The van der Waals surface area contributed by atoms with E-state index in [1.165, 1.54) is 0 Å². The van der Waals surface area contributed by atoms with E-state index in [0.29, 0.717) is 12.8 Å². The van der Waals surface area contributed by atoms with Crippen molar-refractivity contribution in [1.82, 2.24) is 15.1 Å². The van der Waals surface area contributed by atoms with E-state index in [-0.39, 0.29) is 6.04 Å². The number of para-hydroxylation sites is 1. The Morgan fingerprint density at radius 2 is 2.05 bits per heavy atom. The van der Waals surface area contributed by atoms with Crippen LogP contribution in [0.25, 0.3) is 5.69 Å². The molecule has 2 N–H and O–H groups in total. The van der Waals surface area contributed by atoms with Crippen molar-refractivity contribution in [3.05, 3.63) is 48.3 Å². The molecule has 114 valence electrons. The zero-order valence-electron chi connectivity index (χ0n) is 12.2. The second-order valence-corrected chi connectivity index (χ2v) is 5.59. The molecule has 6 heteroatoms. The number of carbonyl (C=O) groups excluding carboxylic acids is 1. The lowest BCUT2D eigenvalue weighted by molar-refractivity contribution is -0.149. The Balaban J connectivity index is 1.83. The summed E-state index contributed by atoms with van der Waals surface area (Å²) in [6, 6.07) is 9.12. The minimum atomic E-state index is -1.23. The van der Waals surface area contributed by atoms with Crippen molar-refractivity contribution in [2.24, 2.45) is 5.41 Å². The van der Waals surface area contributed by atoms with E-state index in [9.17, 15) is 14.7 Å². The van der Waals surface area contributed by atoms with Crippen LogP contribution in [-0.4, -0.2) is 26.8 Å². The van der Waals surface area contributed by atoms with E-state index in [2.05, 4.69) is 10.4 Å². The van der Waals surface area contributed by atoms with Crippen LogP contribution in [0.5, 0.6) is 0 Å². The highest BCUT2D eigenvalue weighted by atomic mass is 16.4. The molecular weight excluding hydrogens is 282 g/mol. The Hall–Kier alpha value is -2.63. The quantitative estimate of drug-likeness (QED) is 0.826. The molecule has 1 fully saturated rings. The molecule has 1 aromatic heterocycles. The molecule has 2 aromatic rings. The van der Waals surface area contributed by atoms with Gasteiger partial charge in [-0.25, -0.2) is 4.68 Å². The van der Waals surface area contributed by atoms with E-state index < -0.39 is 17.3 Å². The van der Waals surface area contributed by atoms with Crippen LogP contribution in [0.3, 0.4) is 0 Å². The fourth-order valence-electron chi connectivity index (χ4n) is 2.55. The predicted molar refractivity (Wildman–Crippen MR) is 79.4 cm³/mol. The van der Waals surface area contributed by atoms with E-state index in [4.69, 9.17) is 0 Å². The average Bonchev–Trinajstić information content (AvgIpc) is 3.16. The van der Waals surface area contributed by atoms with Crippen LogP contribution >= 0.6 is 0 Å². The van der Waals surface area contributed by atoms with Gasteiger partial charge in [0.25, 0.3) is 0 Å². The van der Waals surface area contributed by atoms with Crippen molar-refractivity contribution in [1.29, 1.82) is 0 Å². The largest absolute Gasteiger partial charge is 0.480 e. The first-order valence-electron chi connectivity index (χ1n) is 7.18. The number of aromatic nitrogens is 2. The maximum absolute atomic E-state index is 12.2. The molecule has 1 heterocycles. The van der Waals surface area contributed by atoms with Crippen LogP contribution in [0.4, 0.5) is 0 Å². The molecule has 1 amide bonds. The van der Waals surface area contributed by atoms with Gasteiger partial charge in [0.15, 0.2) is 0 Å². The number of amides is 1. The fourth-order valence-corrected chi connectivity index (χ4v) is 2.55. The van der Waals surface area contributed by atoms with E-state index in [1.807, 2.05) is 43.5 Å². The van der Waals surface area contributed by atoms with Gasteiger partial charge in [0.1, 0.15) is 5.41 Å². The zero-order valence-corrected chi connectivity index (χ0v) is 12.2. The average molecular weight is 299 g/mol. The Morgan fingerprint density at radius 1 is 1.32 bits per heavy atom. The van der Waals surface area contributed by atoms with Gasteiger partial charge in [-0.3, -0.25) is 9.59 Å². The second kappa shape index (κ2) is 5.29. The Bertz CT molecular complexity index is 705. The van der Waals surface area contributed by atoms with E-state index >= 15 is 0 Å². The first kappa shape index (κ1) is 14.3. The number of nitrogens with one attached hydrogen (secondary N) is 1. The number of carboxylic acid groups (broad SMARTS) is 1. The standard InChI is InChI=1S/C16H17N3O3/c1-11(18-14(20)16(7-8-16)15(21)22)12-5-2-3-6-13(12)19-10-4-9-17-19/h2-6,9-11H,7-8H2,1H3,(H,18,20)(H,21,22). The molecule has 22 heavy (non-hydrogen) atoms. The minimum Gasteiger partial charge on any atom is -0.480 e. The molecule has 0 bridgehead atoms. The van der Waals surface area contributed by atoms with Gasteiger partial charge in [-0.05, 0) is 37.5 Å². The number of hydrogen-bond acceptors (Lipinski definition) is 3. The van der Waals surface area contributed by atoms with Crippen molar-refractivity contribution < 1.29 is 14.7 Å². The molecule has 0 radical (unpaired) electrons. The van der Waals surface area contributed by atoms with Crippen LogP contribution in [0, 0.1) is 5.41 Å². The van der Waals surface area contributed by atoms with Crippen LogP contribution < -0.4 is 5.32 Å². The van der Waals surface area contributed by atoms with Crippen LogP contribution in [0.2, 0.25) is 0 Å². The third-order valence-electron chi connectivity index (χ3n) is 4.10. The Labute approximate surface area is 127 Å². The van der Waals surface area contributed by atoms with E-state index in [1.54, 1.807) is 10.9 Å². The van der Waals surface area contributed by atoms with Crippen LogP contribution in [0.1, 0.15) is 31.4 Å². The van der Waals surface area contributed by atoms with Gasteiger partial charge in [0, 0.05) is 12.4 Å². The summed E-state index contributed by atoms with van der Waals surface area (Å²) in [5.74, 6) is -1.46. The smallest absolute Gasteiger partial charge is 0.319 e. The molecule has 3 rings (SSSR count). The summed E-state index contributed by atoms with van der Waals surface area (Å²) in [5, 5.41) is 16.2. The number of nitrogens with zero attached hydrogens (tertiary/aromatic N) is 2. The third-order valence-corrected chi connectivity index (χ3v) is 4.10. The number of aliphatic carboxylic acids is 1. The summed E-state index contributed by atoms with van der Waals surface area (Å²) in [6.07, 6.45) is 4.32. The summed E-state index contributed by atoms with van der Waals surface area (Å²) in [4.78, 5) is 23.5. The molecule has 1 aliphatic carbocycles. The highest BCUT2D eigenvalue weighted by Gasteiger charge is 2.57. The number of hydrogen-bond donors (Lipinski definition) is 2. The lowest BCUT2D eigenvalue weighted by Crippen LogP contribution is -2.38. The van der Waals surface area contributed by atoms with Crippen LogP contribution in [0.15, 0.2) is 42.7 Å². The molecule has 1 saturated carbocycles. The van der Waals surface area contributed by atoms with Crippen molar-refractivity contribution >= 4 is 11.9 Å². The van der Waals surface area contributed by atoms with Gasteiger partial charge in [-0.2, -0.15) is 5.10 Å². The topological polar surface area (TPSA) is 84.2 Å². The van der Waals surface area contributed by atoms with E-state index in [0.717, 1.165) is 11.3 Å². The lowest BCUT2D eigenvalue weighted by Gasteiger charge is -2.20. The molecule has 0 aliphatic heterocycles. The van der Waals surface area contributed by atoms with Crippen molar-refractivity contribution in [3.63, 3.8) is 0 Å². The number of carboxylic acids is 1. The summed E-state index contributed by atoms with van der Waals surface area (Å²) >= 11 is 0. The van der Waals surface area contributed by atoms with Gasteiger partial charge in [-0.15, -0.1) is 0 Å². The molecular formula is C16H17N3O3. The number of carbonyl (C=O) groups is 2. The summed E-state index contributed by atoms with van der Waals surface area (Å²) in [7, 11) is 0. The molecule has 6 nitrogen and oxygen atoms in total. The summed E-state index contributed by atoms with van der Waals surface area (Å²) in [6.45, 7) is 1.85. The monoisotopic (exact) mass is 299 g/mol. The Morgan fingerprint density at radius 3 is 2.64 bits per heavy atom. The van der Waals surface area contributed by atoms with Gasteiger partial charge in [0.2, 0.25) is 5.91 Å². The third kappa shape index (κ3) is 2.36. The van der Waals surface area contributed by atoms with Gasteiger partial charge >= 0.3 is 5.97 Å². The highest BCUT2D eigenvalue weighted by Crippen LogP contribution is 2.46. The van der Waals surface area contributed by atoms with Gasteiger partial charge in [-0.1, -0.05) is 18.2 Å². The molecule has 1 unspecified atom stereocenters. The predicted octanol–water partition coefficient (Wildman–Crippen LogP) is 1.91. The molecule has 0 spiro atoms. The van der Waals surface area contributed by atoms with Gasteiger partial charge in [0.05, 0.1) is 11.7 Å². The fraction of sp³-hybridized carbons (Fsp3) is 0.312. The summed E-state index contributed by atoms with van der Waals surface area (Å²) < 4.78 is 1.72. The lowest BCUT2D eigenvalue weighted by atomic mass is 10.0.